The second-order valence-corrected chi connectivity index (χ2v) is 7.58. The molecule has 0 aliphatic heterocycles. The number of nitrogens with zero attached hydrogens (tertiary/aromatic N) is 1. The largest absolute Gasteiger partial charge is 0.298 e. The van der Waals surface area contributed by atoms with E-state index < -0.39 is 10.0 Å². The number of aromatic nitrogens is 1. The van der Waals surface area contributed by atoms with Crippen LogP contribution in [0.4, 0.5) is 0 Å². The van der Waals surface area contributed by atoms with Gasteiger partial charge in [-0.3, -0.25) is 4.79 Å². The summed E-state index contributed by atoms with van der Waals surface area (Å²) in [5.74, 6) is -0.115. The molecule has 0 bridgehead atoms. The minimum atomic E-state index is -3.60. The maximum atomic E-state index is 12.8. The Morgan fingerprint density at radius 3 is 2.52 bits per heavy atom. The summed E-state index contributed by atoms with van der Waals surface area (Å²) >= 11 is 6.07. The molecule has 0 saturated heterocycles. The van der Waals surface area contributed by atoms with Gasteiger partial charge in [-0.25, -0.2) is 12.4 Å². The van der Waals surface area contributed by atoms with Crippen LogP contribution in [0.3, 0.4) is 0 Å². The highest BCUT2D eigenvalue weighted by Crippen LogP contribution is 2.30. The van der Waals surface area contributed by atoms with Gasteiger partial charge in [0.25, 0.3) is 0 Å². The number of halogens is 1. The lowest BCUT2D eigenvalue weighted by Crippen LogP contribution is -2.14. The molecule has 0 amide bonds. The lowest BCUT2D eigenvalue weighted by Gasteiger charge is -2.10. The molecular formula is C17H14ClNO3S. The predicted octanol–water partition coefficient (Wildman–Crippen LogP) is 3.79. The van der Waals surface area contributed by atoms with Gasteiger partial charge in [0.05, 0.1) is 16.3 Å². The van der Waals surface area contributed by atoms with E-state index in [4.69, 9.17) is 11.6 Å². The van der Waals surface area contributed by atoms with E-state index in [9.17, 15) is 13.2 Å². The van der Waals surface area contributed by atoms with E-state index in [0.717, 1.165) is 0 Å². The number of fused-ring (bicyclic) bond motifs is 1. The van der Waals surface area contributed by atoms with E-state index in [2.05, 4.69) is 0 Å². The molecule has 3 rings (SSSR count). The summed E-state index contributed by atoms with van der Waals surface area (Å²) in [7, 11) is -3.60. The predicted molar refractivity (Wildman–Crippen MR) is 91.5 cm³/mol. The average molecular weight is 348 g/mol. The van der Waals surface area contributed by atoms with Crippen LogP contribution in [0, 0.1) is 6.92 Å². The number of hydrogen-bond acceptors (Lipinski definition) is 3. The minimum absolute atomic E-state index is 0.115. The number of rotatable bonds is 4. The Kier molecular flexibility index (Phi) is 4.00. The van der Waals surface area contributed by atoms with Crippen molar-refractivity contribution in [2.45, 2.75) is 12.7 Å². The van der Waals surface area contributed by atoms with Crippen LogP contribution in [-0.4, -0.2) is 18.7 Å². The molecule has 1 aromatic heterocycles. The average Bonchev–Trinajstić information content (AvgIpc) is 2.94. The first kappa shape index (κ1) is 15.8. The maximum absolute atomic E-state index is 12.8. The fraction of sp³-hybridized carbons (Fsp3) is 0.118. The van der Waals surface area contributed by atoms with Crippen molar-refractivity contribution >= 4 is 38.8 Å². The first-order valence-electron chi connectivity index (χ1n) is 6.96. The molecule has 0 aliphatic rings. The van der Waals surface area contributed by atoms with Crippen LogP contribution >= 0.6 is 11.6 Å². The molecule has 6 heteroatoms. The van der Waals surface area contributed by atoms with Gasteiger partial charge in [0.1, 0.15) is 0 Å². The monoisotopic (exact) mass is 347 g/mol. The normalized spacial score (nSPS) is 11.7. The number of carbonyl (C=O) groups excluding carboxylic acids is 1. The molecule has 0 fully saturated rings. The lowest BCUT2D eigenvalue weighted by atomic mass is 10.1. The van der Waals surface area contributed by atoms with E-state index in [0.29, 0.717) is 38.9 Å². The molecule has 1 heterocycles. The highest BCUT2D eigenvalue weighted by Gasteiger charge is 2.20. The molecule has 23 heavy (non-hydrogen) atoms. The highest BCUT2D eigenvalue weighted by atomic mass is 35.5. The summed E-state index contributed by atoms with van der Waals surface area (Å²) in [4.78, 5) is 11.3. The van der Waals surface area contributed by atoms with Crippen molar-refractivity contribution in [3.05, 3.63) is 70.4 Å². The van der Waals surface area contributed by atoms with Crippen molar-refractivity contribution in [2.24, 2.45) is 0 Å². The summed E-state index contributed by atoms with van der Waals surface area (Å²) in [5.41, 5.74) is 2.21. The van der Waals surface area contributed by atoms with Crippen molar-refractivity contribution < 1.29 is 13.2 Å². The summed E-state index contributed by atoms with van der Waals surface area (Å²) in [6.07, 6.45) is 2.12. The van der Waals surface area contributed by atoms with Gasteiger partial charge in [-0.15, -0.1) is 0 Å². The Labute approximate surface area is 139 Å². The number of aryl methyl sites for hydroxylation is 1. The van der Waals surface area contributed by atoms with Crippen LogP contribution in [0.1, 0.15) is 21.5 Å². The number of carbonyl (C=O) groups is 1. The molecule has 0 saturated carbocycles. The van der Waals surface area contributed by atoms with Gasteiger partial charge >= 0.3 is 0 Å². The Morgan fingerprint density at radius 2 is 1.87 bits per heavy atom. The SMILES string of the molecule is Cc1cc(Cl)c(C=O)c2ccn(S(=O)(=O)Cc3ccccc3)c12. The Balaban J connectivity index is 2.19. The third kappa shape index (κ3) is 2.78. The van der Waals surface area contributed by atoms with Gasteiger partial charge in [0.2, 0.25) is 10.0 Å². The van der Waals surface area contributed by atoms with Crippen molar-refractivity contribution in [1.82, 2.24) is 3.97 Å². The zero-order chi connectivity index (χ0) is 16.6. The van der Waals surface area contributed by atoms with E-state index >= 15 is 0 Å². The summed E-state index contributed by atoms with van der Waals surface area (Å²) in [5, 5.41) is 0.866. The second-order valence-electron chi connectivity index (χ2n) is 5.32. The summed E-state index contributed by atoms with van der Waals surface area (Å²) in [6.45, 7) is 1.78. The minimum Gasteiger partial charge on any atom is -0.298 e. The van der Waals surface area contributed by atoms with E-state index in [1.54, 1.807) is 43.3 Å². The summed E-state index contributed by atoms with van der Waals surface area (Å²) < 4.78 is 26.7. The molecule has 0 N–H and O–H groups in total. The number of hydrogen-bond donors (Lipinski definition) is 0. The van der Waals surface area contributed by atoms with Crippen molar-refractivity contribution in [3.8, 4) is 0 Å². The molecule has 0 atom stereocenters. The van der Waals surface area contributed by atoms with Gasteiger partial charge in [-0.05, 0) is 30.2 Å². The van der Waals surface area contributed by atoms with Gasteiger partial charge < -0.3 is 0 Å². The molecule has 0 spiro atoms. The van der Waals surface area contributed by atoms with Gasteiger partial charge in [0, 0.05) is 17.1 Å². The number of benzene rings is 2. The first-order chi connectivity index (χ1) is 10.9. The fourth-order valence-corrected chi connectivity index (χ4v) is 4.52. The van der Waals surface area contributed by atoms with Crippen molar-refractivity contribution in [1.29, 1.82) is 0 Å². The lowest BCUT2D eigenvalue weighted by molar-refractivity contribution is 0.112. The highest BCUT2D eigenvalue weighted by molar-refractivity contribution is 7.89. The zero-order valence-electron chi connectivity index (χ0n) is 12.4. The van der Waals surface area contributed by atoms with Gasteiger partial charge in [-0.1, -0.05) is 41.9 Å². The van der Waals surface area contributed by atoms with E-state index in [1.165, 1.54) is 10.2 Å². The summed E-state index contributed by atoms with van der Waals surface area (Å²) in [6, 6.07) is 12.2. The Hall–Kier alpha value is -2.11. The van der Waals surface area contributed by atoms with Crippen molar-refractivity contribution in [2.75, 3.05) is 0 Å². The smallest absolute Gasteiger partial charge is 0.243 e. The van der Waals surface area contributed by atoms with Crippen LogP contribution in [-0.2, 0) is 15.8 Å². The van der Waals surface area contributed by atoms with Crippen LogP contribution in [0.25, 0.3) is 10.9 Å². The third-order valence-electron chi connectivity index (χ3n) is 3.73. The standard InChI is InChI=1S/C17H14ClNO3S/c1-12-9-16(18)15(10-20)14-7-8-19(17(12)14)23(21,22)11-13-5-3-2-4-6-13/h2-10H,11H2,1H3. The van der Waals surface area contributed by atoms with E-state index in [-0.39, 0.29) is 5.75 Å². The third-order valence-corrected chi connectivity index (χ3v) is 5.64. The van der Waals surface area contributed by atoms with Crippen LogP contribution in [0.5, 0.6) is 0 Å². The number of aldehydes is 1. The molecule has 118 valence electrons. The topological polar surface area (TPSA) is 56.1 Å². The Morgan fingerprint density at radius 1 is 1.17 bits per heavy atom. The maximum Gasteiger partial charge on any atom is 0.243 e. The van der Waals surface area contributed by atoms with Crippen LogP contribution < -0.4 is 0 Å². The van der Waals surface area contributed by atoms with Crippen molar-refractivity contribution in [3.63, 3.8) is 0 Å². The molecule has 0 radical (unpaired) electrons. The Bertz CT molecular complexity index is 992. The molecule has 4 nitrogen and oxygen atoms in total. The van der Waals surface area contributed by atoms with Gasteiger partial charge in [0.15, 0.2) is 6.29 Å². The first-order valence-corrected chi connectivity index (χ1v) is 8.95. The second kappa shape index (κ2) is 5.83. The quantitative estimate of drug-likeness (QED) is 0.674. The zero-order valence-corrected chi connectivity index (χ0v) is 13.9. The van der Waals surface area contributed by atoms with E-state index in [1.807, 2.05) is 6.07 Å². The fourth-order valence-electron chi connectivity index (χ4n) is 2.69. The molecular weight excluding hydrogens is 334 g/mol. The van der Waals surface area contributed by atoms with Gasteiger partial charge in [-0.2, -0.15) is 0 Å². The molecule has 2 aromatic carbocycles. The van der Waals surface area contributed by atoms with Crippen LogP contribution in [0.15, 0.2) is 48.7 Å². The molecule has 0 unspecified atom stereocenters. The van der Waals surface area contributed by atoms with Crippen LogP contribution in [0.2, 0.25) is 5.02 Å². The molecule has 0 aliphatic carbocycles. The molecule has 3 aromatic rings.